The molecule has 0 aliphatic carbocycles. The monoisotopic (exact) mass is 291 g/mol. The van der Waals surface area contributed by atoms with Crippen LogP contribution in [0.2, 0.25) is 0 Å². The van der Waals surface area contributed by atoms with Gasteiger partial charge in [0.1, 0.15) is 0 Å². The van der Waals surface area contributed by atoms with E-state index >= 15 is 0 Å². The Labute approximate surface area is 115 Å². The Balaban J connectivity index is 2.32. The predicted molar refractivity (Wildman–Crippen MR) is 72.9 cm³/mol. The van der Waals surface area contributed by atoms with Crippen LogP contribution in [0, 0.1) is 0 Å². The first-order valence-electron chi connectivity index (χ1n) is 6.54. The molecule has 1 amide bonds. The molecule has 1 rings (SSSR count). The van der Waals surface area contributed by atoms with E-state index in [9.17, 15) is 9.59 Å². The summed E-state index contributed by atoms with van der Waals surface area (Å²) < 4.78 is 11.0. The molecule has 1 heterocycles. The molecule has 1 fully saturated rings. The van der Waals surface area contributed by atoms with Gasteiger partial charge in [0.05, 0.1) is 19.6 Å². The summed E-state index contributed by atoms with van der Waals surface area (Å²) in [5.74, 6) is -1.83. The predicted octanol–water partition coefficient (Wildman–Crippen LogP) is 0.756. The second-order valence-electron chi connectivity index (χ2n) is 4.49. The quantitative estimate of drug-likeness (QED) is 0.484. The third-order valence-corrected chi connectivity index (χ3v) is 3.38. The van der Waals surface area contributed by atoms with E-state index in [1.54, 1.807) is 0 Å². The number of carboxylic acid groups (broad SMARTS) is 1. The van der Waals surface area contributed by atoms with Crippen molar-refractivity contribution in [2.75, 3.05) is 25.9 Å². The first kappa shape index (κ1) is 16.3. The molecule has 0 spiro atoms. The Kier molecular flexibility index (Phi) is 7.28. The van der Waals surface area contributed by atoms with E-state index in [0.717, 1.165) is 12.6 Å². The van der Waals surface area contributed by atoms with Crippen LogP contribution in [-0.2, 0) is 19.1 Å². The zero-order valence-electron chi connectivity index (χ0n) is 11.0. The van der Waals surface area contributed by atoms with Crippen LogP contribution in [0.15, 0.2) is 0 Å². The maximum absolute atomic E-state index is 11.6. The molecule has 0 aromatic heterocycles. The number of nitrogens with one attached hydrogen (secondary N) is 1. The van der Waals surface area contributed by atoms with Crippen LogP contribution < -0.4 is 5.32 Å². The van der Waals surface area contributed by atoms with Crippen molar-refractivity contribution in [2.24, 2.45) is 0 Å². The average Bonchev–Trinajstić information content (AvgIpc) is 2.84. The SMILES string of the molecule is O=C(O)CCC1(CCC(=O)NCCCP)OCCO1. The zero-order valence-corrected chi connectivity index (χ0v) is 12.2. The van der Waals surface area contributed by atoms with E-state index in [-0.39, 0.29) is 25.2 Å². The van der Waals surface area contributed by atoms with Gasteiger partial charge >= 0.3 is 5.97 Å². The van der Waals surface area contributed by atoms with Crippen LogP contribution in [0.25, 0.3) is 0 Å². The molecule has 2 N–H and O–H groups in total. The Hall–Kier alpha value is -0.710. The highest BCUT2D eigenvalue weighted by atomic mass is 31.0. The summed E-state index contributed by atoms with van der Waals surface area (Å²) in [6.07, 6.45) is 2.82. The van der Waals surface area contributed by atoms with E-state index in [1.807, 2.05) is 0 Å². The van der Waals surface area contributed by atoms with E-state index in [2.05, 4.69) is 14.6 Å². The molecule has 0 saturated carbocycles. The number of rotatable bonds is 9. The summed E-state index contributed by atoms with van der Waals surface area (Å²) in [6, 6.07) is 0. The van der Waals surface area contributed by atoms with Crippen molar-refractivity contribution in [3.63, 3.8) is 0 Å². The zero-order chi connectivity index (χ0) is 14.1. The maximum atomic E-state index is 11.6. The van der Waals surface area contributed by atoms with Crippen LogP contribution in [0.3, 0.4) is 0 Å². The lowest BCUT2D eigenvalue weighted by atomic mass is 10.0. The van der Waals surface area contributed by atoms with Crippen molar-refractivity contribution >= 4 is 21.1 Å². The van der Waals surface area contributed by atoms with E-state index < -0.39 is 11.8 Å². The number of carbonyl (C=O) groups excluding carboxylic acids is 1. The standard InChI is InChI=1S/C12H22NO5P/c14-10(13-6-1-9-19)2-4-12(5-3-11(15)16)17-7-8-18-12/h1-9,19H2,(H,13,14)(H,15,16). The second-order valence-corrected chi connectivity index (χ2v) is 5.07. The molecule has 7 heteroatoms. The van der Waals surface area contributed by atoms with Crippen LogP contribution in [0.4, 0.5) is 0 Å². The number of aliphatic carboxylic acids is 1. The number of carbonyl (C=O) groups is 2. The Bertz CT molecular complexity index is 304. The number of hydrogen-bond acceptors (Lipinski definition) is 4. The van der Waals surface area contributed by atoms with Crippen molar-refractivity contribution < 1.29 is 24.2 Å². The summed E-state index contributed by atoms with van der Waals surface area (Å²) >= 11 is 0. The van der Waals surface area contributed by atoms with E-state index in [1.165, 1.54) is 0 Å². The molecule has 1 aliphatic rings. The molecule has 6 nitrogen and oxygen atoms in total. The first-order chi connectivity index (χ1) is 9.08. The minimum absolute atomic E-state index is 0.0192. The third-order valence-electron chi connectivity index (χ3n) is 2.97. The molecule has 0 bridgehead atoms. The van der Waals surface area contributed by atoms with Gasteiger partial charge < -0.3 is 19.9 Å². The number of hydrogen-bond donors (Lipinski definition) is 2. The van der Waals surface area contributed by atoms with Crippen molar-refractivity contribution in [1.82, 2.24) is 5.32 Å². The van der Waals surface area contributed by atoms with Gasteiger partial charge in [-0.05, 0) is 12.6 Å². The van der Waals surface area contributed by atoms with Gasteiger partial charge in [0, 0.05) is 25.8 Å². The van der Waals surface area contributed by atoms with Gasteiger partial charge in [-0.15, -0.1) is 9.24 Å². The average molecular weight is 291 g/mol. The van der Waals surface area contributed by atoms with Gasteiger partial charge in [0.15, 0.2) is 5.79 Å². The topological polar surface area (TPSA) is 84.9 Å². The van der Waals surface area contributed by atoms with Gasteiger partial charge in [0.25, 0.3) is 0 Å². The van der Waals surface area contributed by atoms with Crippen LogP contribution in [0.5, 0.6) is 0 Å². The van der Waals surface area contributed by atoms with E-state index in [4.69, 9.17) is 14.6 Å². The smallest absolute Gasteiger partial charge is 0.303 e. The molecule has 110 valence electrons. The number of amides is 1. The normalized spacial score (nSPS) is 17.3. The molecule has 19 heavy (non-hydrogen) atoms. The molecule has 0 radical (unpaired) electrons. The molecular weight excluding hydrogens is 269 g/mol. The molecule has 1 saturated heterocycles. The van der Waals surface area contributed by atoms with Crippen molar-refractivity contribution in [1.29, 1.82) is 0 Å². The van der Waals surface area contributed by atoms with Crippen LogP contribution >= 0.6 is 9.24 Å². The summed E-state index contributed by atoms with van der Waals surface area (Å²) in [6.45, 7) is 1.56. The highest BCUT2D eigenvalue weighted by Crippen LogP contribution is 2.29. The lowest BCUT2D eigenvalue weighted by Gasteiger charge is -2.26. The lowest BCUT2D eigenvalue weighted by Crippen LogP contribution is -2.34. The lowest BCUT2D eigenvalue weighted by molar-refractivity contribution is -0.174. The number of carboxylic acids is 1. The minimum atomic E-state index is -0.893. The molecule has 1 unspecified atom stereocenters. The summed E-state index contributed by atoms with van der Waals surface area (Å²) in [7, 11) is 2.61. The van der Waals surface area contributed by atoms with Crippen molar-refractivity contribution in [3.8, 4) is 0 Å². The third kappa shape index (κ3) is 6.32. The largest absolute Gasteiger partial charge is 0.481 e. The molecule has 0 aromatic rings. The van der Waals surface area contributed by atoms with Gasteiger partial charge in [-0.25, -0.2) is 0 Å². The summed E-state index contributed by atoms with van der Waals surface area (Å²) in [5.41, 5.74) is 0. The van der Waals surface area contributed by atoms with E-state index in [0.29, 0.717) is 26.2 Å². The summed E-state index contributed by atoms with van der Waals surface area (Å²) in [4.78, 5) is 22.2. The van der Waals surface area contributed by atoms with Gasteiger partial charge in [-0.2, -0.15) is 0 Å². The van der Waals surface area contributed by atoms with Crippen molar-refractivity contribution in [3.05, 3.63) is 0 Å². The fourth-order valence-corrected chi connectivity index (χ4v) is 2.13. The minimum Gasteiger partial charge on any atom is -0.481 e. The highest BCUT2D eigenvalue weighted by molar-refractivity contribution is 7.16. The molecular formula is C12H22NO5P. The Morgan fingerprint density at radius 3 is 2.42 bits per heavy atom. The van der Waals surface area contributed by atoms with Crippen LogP contribution in [-0.4, -0.2) is 48.7 Å². The fourth-order valence-electron chi connectivity index (χ4n) is 1.93. The molecule has 1 atom stereocenters. The van der Waals surface area contributed by atoms with Gasteiger partial charge in [-0.1, -0.05) is 0 Å². The van der Waals surface area contributed by atoms with Gasteiger partial charge in [-0.3, -0.25) is 9.59 Å². The second kappa shape index (κ2) is 8.46. The Morgan fingerprint density at radius 2 is 1.84 bits per heavy atom. The highest BCUT2D eigenvalue weighted by Gasteiger charge is 2.36. The van der Waals surface area contributed by atoms with Crippen LogP contribution in [0.1, 0.15) is 32.1 Å². The van der Waals surface area contributed by atoms with Gasteiger partial charge in [0.2, 0.25) is 5.91 Å². The molecule has 1 aliphatic heterocycles. The summed E-state index contributed by atoms with van der Waals surface area (Å²) in [5, 5.41) is 11.5. The maximum Gasteiger partial charge on any atom is 0.303 e. The number of ether oxygens (including phenoxy) is 2. The Morgan fingerprint density at radius 1 is 1.21 bits per heavy atom. The first-order valence-corrected chi connectivity index (χ1v) is 7.36. The fraction of sp³-hybridized carbons (Fsp3) is 0.833. The van der Waals surface area contributed by atoms with Crippen molar-refractivity contribution in [2.45, 2.75) is 37.9 Å². The molecule has 0 aromatic carbocycles.